The lowest BCUT2D eigenvalue weighted by Crippen LogP contribution is -2.29. The second-order valence-electron chi connectivity index (χ2n) is 28.2. The maximum Gasteiger partial charge on any atom is 0.472 e. The van der Waals surface area contributed by atoms with Crippen molar-refractivity contribution in [3.63, 3.8) is 0 Å². The van der Waals surface area contributed by atoms with E-state index in [1.807, 2.05) is 18.2 Å². The molecule has 5 atom stereocenters. The van der Waals surface area contributed by atoms with E-state index in [1.54, 1.807) is 0 Å². The van der Waals surface area contributed by atoms with Gasteiger partial charge in [0.15, 0.2) is 6.10 Å². The summed E-state index contributed by atoms with van der Waals surface area (Å²) in [4.78, 5) is 58.7. The van der Waals surface area contributed by atoms with E-state index in [0.29, 0.717) is 25.7 Å². The van der Waals surface area contributed by atoms with Crippen molar-refractivity contribution in [2.75, 3.05) is 39.6 Å². The molecule has 111 heavy (non-hydrogen) atoms. The molecule has 0 saturated carbocycles. The van der Waals surface area contributed by atoms with Gasteiger partial charge in [-0.25, -0.2) is 9.13 Å². The van der Waals surface area contributed by atoms with E-state index >= 15 is 0 Å². The molecule has 0 aliphatic heterocycles. The minimum atomic E-state index is -4.97. The molecule has 16 nitrogen and oxygen atoms in total. The highest BCUT2D eigenvalue weighted by molar-refractivity contribution is 7.47. The Labute approximate surface area is 675 Å². The number of carbonyl (C=O) groups is 3. The summed E-state index contributed by atoms with van der Waals surface area (Å²) in [5.74, 6) is -1.70. The normalized spacial score (nSPS) is 14.8. The monoisotopic (exact) mass is 1590 g/mol. The van der Waals surface area contributed by atoms with E-state index in [4.69, 9.17) is 32.3 Å². The lowest BCUT2D eigenvalue weighted by Gasteiger charge is -2.21. The Hall–Kier alpha value is -5.35. The molecule has 4 N–H and O–H groups in total. The van der Waals surface area contributed by atoms with Gasteiger partial charge in [-0.3, -0.25) is 32.5 Å². The minimum absolute atomic E-state index is 0.0318. The van der Waals surface area contributed by atoms with E-state index in [9.17, 15) is 43.5 Å². The van der Waals surface area contributed by atoms with E-state index in [1.165, 1.54) is 128 Å². The van der Waals surface area contributed by atoms with Gasteiger partial charge in [-0.15, -0.1) is 0 Å². The number of aliphatic hydroxyl groups excluding tert-OH is 2. The molecule has 0 aliphatic rings. The summed E-state index contributed by atoms with van der Waals surface area (Å²) < 4.78 is 61.2. The van der Waals surface area contributed by atoms with Crippen molar-refractivity contribution in [1.82, 2.24) is 0 Å². The van der Waals surface area contributed by atoms with Gasteiger partial charge >= 0.3 is 33.6 Å². The number of carbonyl (C=O) groups excluding carboxylic acids is 3. The van der Waals surface area contributed by atoms with Gasteiger partial charge in [-0.2, -0.15) is 0 Å². The molecule has 5 unspecified atom stereocenters. The van der Waals surface area contributed by atoms with E-state index in [0.717, 1.165) is 135 Å². The summed E-state index contributed by atoms with van der Waals surface area (Å²) in [7, 11) is -9.84. The summed E-state index contributed by atoms with van der Waals surface area (Å²) in [6.07, 6.45) is 110. The van der Waals surface area contributed by atoms with Crippen molar-refractivity contribution in [2.45, 2.75) is 347 Å². The minimum Gasteiger partial charge on any atom is -0.463 e. The highest BCUT2D eigenvalue weighted by atomic mass is 31.2. The largest absolute Gasteiger partial charge is 0.472 e. The van der Waals surface area contributed by atoms with Gasteiger partial charge in [0.1, 0.15) is 25.4 Å². The highest BCUT2D eigenvalue weighted by Gasteiger charge is 2.29. The van der Waals surface area contributed by atoms with Crippen molar-refractivity contribution in [1.29, 1.82) is 0 Å². The van der Waals surface area contributed by atoms with Crippen LogP contribution in [-0.2, 0) is 55.8 Å². The fourth-order valence-corrected chi connectivity index (χ4v) is 12.7. The molecule has 0 aromatic carbocycles. The lowest BCUT2D eigenvalue weighted by atomic mass is 10.0. The predicted octanol–water partition coefficient (Wildman–Crippen LogP) is 26.1. The molecule has 0 rings (SSSR count). The zero-order chi connectivity index (χ0) is 80.8. The number of aliphatic hydroxyl groups is 2. The van der Waals surface area contributed by atoms with Crippen LogP contribution in [0.15, 0.2) is 182 Å². The van der Waals surface area contributed by atoms with Crippen molar-refractivity contribution >= 4 is 33.6 Å². The summed E-state index contributed by atoms with van der Waals surface area (Å²) in [5.41, 5.74) is 0. The maximum absolute atomic E-state index is 13.0. The van der Waals surface area contributed by atoms with Crippen LogP contribution in [0.5, 0.6) is 0 Å². The molecule has 0 heterocycles. The third-order valence-corrected chi connectivity index (χ3v) is 19.5. The molecule has 0 spiro atoms. The first-order valence-electron chi connectivity index (χ1n) is 43.1. The number of unbranched alkanes of at least 4 members (excludes halogenated alkanes) is 27. The number of ether oxygens (including phenoxy) is 3. The van der Waals surface area contributed by atoms with Crippen LogP contribution in [0.3, 0.4) is 0 Å². The van der Waals surface area contributed by atoms with Crippen LogP contribution in [-0.4, -0.2) is 95.9 Å². The highest BCUT2D eigenvalue weighted by Crippen LogP contribution is 2.45. The summed E-state index contributed by atoms with van der Waals surface area (Å²) in [5, 5.41) is 20.7. The molecule has 0 aromatic rings. The van der Waals surface area contributed by atoms with Gasteiger partial charge < -0.3 is 34.2 Å². The third-order valence-electron chi connectivity index (χ3n) is 17.6. The second kappa shape index (κ2) is 84.1. The number of phosphoric ester groups is 2. The number of hydrogen-bond donors (Lipinski definition) is 4. The topological polar surface area (TPSA) is 231 Å². The van der Waals surface area contributed by atoms with Crippen LogP contribution >= 0.6 is 15.6 Å². The van der Waals surface area contributed by atoms with Gasteiger partial charge in [-0.1, -0.05) is 344 Å². The van der Waals surface area contributed by atoms with E-state index in [2.05, 4.69) is 185 Å². The number of allylic oxidation sites excluding steroid dienone is 30. The van der Waals surface area contributed by atoms with E-state index in [-0.39, 0.29) is 19.3 Å². The molecule has 0 bridgehead atoms. The Balaban J connectivity index is 4.54. The Morgan fingerprint density at radius 3 is 0.793 bits per heavy atom. The molecule has 0 amide bonds. The molecule has 0 aromatic heterocycles. The van der Waals surface area contributed by atoms with Crippen LogP contribution in [0.25, 0.3) is 0 Å². The Morgan fingerprint density at radius 2 is 0.495 bits per heavy atom. The van der Waals surface area contributed by atoms with Gasteiger partial charge in [0, 0.05) is 19.3 Å². The fraction of sp³-hybridized carbons (Fsp3) is 0.645. The summed E-state index contributed by atoms with van der Waals surface area (Å²) in [6, 6.07) is 0. The maximum atomic E-state index is 13.0. The van der Waals surface area contributed by atoms with Crippen LogP contribution in [0.4, 0.5) is 0 Å². The lowest BCUT2D eigenvalue weighted by molar-refractivity contribution is -0.161. The quantitative estimate of drug-likeness (QED) is 0.0146. The molecule has 0 aliphatic carbocycles. The number of hydrogen-bond acceptors (Lipinski definition) is 14. The average molecular weight is 1590 g/mol. The zero-order valence-electron chi connectivity index (χ0n) is 69.3. The van der Waals surface area contributed by atoms with Gasteiger partial charge in [0.25, 0.3) is 0 Å². The summed E-state index contributed by atoms with van der Waals surface area (Å²) in [6.45, 7) is 2.32. The Bertz CT molecular complexity index is 2750. The van der Waals surface area contributed by atoms with Crippen molar-refractivity contribution in [2.24, 2.45) is 0 Å². The van der Waals surface area contributed by atoms with Crippen LogP contribution < -0.4 is 0 Å². The first kappa shape index (κ1) is 106. The van der Waals surface area contributed by atoms with Crippen molar-refractivity contribution < 1.29 is 75.8 Å². The third kappa shape index (κ3) is 85.4. The average Bonchev–Trinajstić information content (AvgIpc) is 0.891. The predicted molar refractivity (Wildman–Crippen MR) is 463 cm³/mol. The molecular formula is C93H154O16P2. The number of rotatable bonds is 80. The summed E-state index contributed by atoms with van der Waals surface area (Å²) >= 11 is 0. The van der Waals surface area contributed by atoms with Crippen molar-refractivity contribution in [3.05, 3.63) is 182 Å². The molecule has 18 heteroatoms. The van der Waals surface area contributed by atoms with Gasteiger partial charge in [0.05, 0.1) is 26.4 Å². The molecule has 0 saturated heterocycles. The molecule has 632 valence electrons. The standard InChI is InChI=1S/C93H154O16P2/c1-4-7-10-13-16-19-22-25-28-31-34-36-37-38-39-40-41-42-43-44-45-46-47-48-49-51-54-55-58-61-64-67-70-73-76-79-91(96)103-82-88(94)83-105-110(99,100)106-84-89(95)85-107-111(101,102)108-87-90(109-93(98)81-78-75-72-69-66-63-60-57-52-33-30-27-24-21-18-15-12-9-6-3)86-104-92(97)80-77-74-71-68-65-62-59-56-53-50-35-32-29-26-23-20-17-14-11-8-5-2/h8-9,11-12,16-21,25-30,34-36,38-39,50,52,56-57,59,63,66,72,75,88-90,94-95H,4-7,10,13-15,22-24,31-33,37,40-49,51,53-55,58,60-62,64-65,67-71,73-74,76-87H2,1-3H3,(H,99,100)(H,101,102)/b11-8-,12-9-,19-16-,20-17-,21-18-,28-25-,29-26-,30-27-,36-34-,39-38-,50-35-,57-52-,59-56-,66-63-,75-72-. The number of esters is 3. The van der Waals surface area contributed by atoms with Gasteiger partial charge in [-0.05, 0) is 148 Å². The molecular weight excluding hydrogens is 1430 g/mol. The van der Waals surface area contributed by atoms with Crippen LogP contribution in [0.1, 0.15) is 329 Å². The fourth-order valence-electron chi connectivity index (χ4n) is 11.1. The first-order chi connectivity index (χ1) is 54.2. The zero-order valence-corrected chi connectivity index (χ0v) is 71.1. The molecule has 0 radical (unpaired) electrons. The molecule has 0 fully saturated rings. The second-order valence-corrected chi connectivity index (χ2v) is 31.1. The van der Waals surface area contributed by atoms with Crippen LogP contribution in [0, 0.1) is 0 Å². The van der Waals surface area contributed by atoms with Gasteiger partial charge in [0.2, 0.25) is 0 Å². The Kier molecular flexibility index (Phi) is 80.0. The number of phosphoric acid groups is 2. The van der Waals surface area contributed by atoms with Crippen molar-refractivity contribution in [3.8, 4) is 0 Å². The SMILES string of the molecule is CC/C=C\C/C=C\C/C=C\C/C=C\C/C=C\C/C=C\CCC(=O)OC(COC(=O)CCCCCCC/C=C\C/C=C\C/C=C\C/C=C\C/C=C\CC)COP(=O)(O)OCC(O)COP(=O)(O)OCC(O)COC(=O)CCCCCCCCCCCCCCCCCCCCC/C=C\C/C=C\C/C=C\C/C=C\CCCCC. The smallest absolute Gasteiger partial charge is 0.463 e. The van der Waals surface area contributed by atoms with Crippen LogP contribution in [0.2, 0.25) is 0 Å². The first-order valence-corrected chi connectivity index (χ1v) is 46.1. The van der Waals surface area contributed by atoms with E-state index < -0.39 is 91.5 Å². The Morgan fingerprint density at radius 1 is 0.261 bits per heavy atom.